The molecule has 1 aromatic carbocycles. The summed E-state index contributed by atoms with van der Waals surface area (Å²) in [5.41, 5.74) is 10.6. The number of methoxy groups -OCH3 is 3. The number of Topliss-reactive ketones (excluding diaryl/α,β-unsaturated/α-hetero) is 5. The molecule has 43 nitrogen and oxygen atoms in total. The number of aromatic carboxylic acids is 1. The molecule has 0 aliphatic carbocycles. The monoisotopic (exact) mass is 1800 g/mol. The van der Waals surface area contributed by atoms with Crippen LogP contribution in [0.4, 0.5) is 14.5 Å². The van der Waals surface area contributed by atoms with Crippen molar-refractivity contribution in [1.82, 2.24) is 78.3 Å². The Bertz CT molecular complexity index is 4510. The third kappa shape index (κ3) is 43.4. The number of nitrogens with zero attached hydrogens (tertiary/aromatic N) is 16. The Morgan fingerprint density at radius 2 is 1.02 bits per heavy atom. The van der Waals surface area contributed by atoms with Crippen molar-refractivity contribution in [2.75, 3.05) is 103 Å². The molecular formula is C65H96BrCl2F2MgN19O24S2. The minimum absolute atomic E-state index is 0. The van der Waals surface area contributed by atoms with E-state index in [0.717, 1.165) is 51.0 Å². The van der Waals surface area contributed by atoms with Crippen LogP contribution in [0, 0.1) is 13.2 Å². The van der Waals surface area contributed by atoms with Gasteiger partial charge in [-0.25, -0.2) is 34.1 Å². The van der Waals surface area contributed by atoms with E-state index in [2.05, 4.69) is 63.9 Å². The van der Waals surface area contributed by atoms with Gasteiger partial charge < -0.3 is 74.4 Å². The summed E-state index contributed by atoms with van der Waals surface area (Å²) in [5, 5.41) is 57.2. The van der Waals surface area contributed by atoms with Crippen LogP contribution in [-0.2, 0) is 120 Å². The van der Waals surface area contributed by atoms with Gasteiger partial charge in [-0.05, 0) is 80.6 Å². The first-order valence-corrected chi connectivity index (χ1v) is 34.3. The average Bonchev–Trinajstić information content (AvgIpc) is 1.74. The van der Waals surface area contributed by atoms with Crippen LogP contribution in [-0.4, -0.2) is 296 Å². The number of hydrogen-bond acceptors (Lipinski definition) is 31. The van der Waals surface area contributed by atoms with Gasteiger partial charge in [0, 0.05) is 134 Å². The van der Waals surface area contributed by atoms with Crippen LogP contribution >= 0.6 is 24.0 Å². The second-order valence-corrected chi connectivity index (χ2v) is 23.3. The van der Waals surface area contributed by atoms with Crippen molar-refractivity contribution in [3.8, 4) is 0 Å². The molecule has 644 valence electrons. The van der Waals surface area contributed by atoms with Crippen molar-refractivity contribution in [3.05, 3.63) is 168 Å². The number of aromatic nitrogens is 12. The summed E-state index contributed by atoms with van der Waals surface area (Å²) >= 11 is 5.36. The summed E-state index contributed by atoms with van der Waals surface area (Å²) in [4.78, 5) is 118. The zero-order valence-corrected chi connectivity index (χ0v) is 72.9. The van der Waals surface area contributed by atoms with Gasteiger partial charge in [-0.15, -0.1) is 21.2 Å². The van der Waals surface area contributed by atoms with E-state index in [1.165, 1.54) is 112 Å². The first-order valence-electron chi connectivity index (χ1n) is 31.8. The topological polar surface area (TPSA) is 563 Å². The molecule has 8 N–H and O–H groups in total. The molecule has 0 saturated heterocycles. The Hall–Kier alpha value is -10.3. The molecule has 0 fully saturated rings. The number of halogens is 5. The number of carbonyl (C=O) groups excluding carboxylic acids is 9. The van der Waals surface area contributed by atoms with Gasteiger partial charge in [0.05, 0.1) is 72.6 Å². The van der Waals surface area contributed by atoms with Gasteiger partial charge in [0.1, 0.15) is 58.9 Å². The Balaban J connectivity index is -0.000000233. The van der Waals surface area contributed by atoms with E-state index in [4.69, 9.17) is 48.7 Å². The largest absolute Gasteiger partial charge is 2.00 e. The van der Waals surface area contributed by atoms with Gasteiger partial charge in [0.25, 0.3) is 5.91 Å². The number of nitrogen functional groups attached to an aromatic ring is 1. The predicted molar refractivity (Wildman–Crippen MR) is 416 cm³/mol. The quantitative estimate of drug-likeness (QED) is 0.00584. The number of ketones is 5. The number of hydroxylamine groups is 3. The SMILES string of the molecule is CC(=O)c1ccnn1C.CCOCC.CN1C(C(=O)CO)=CC(c2ccnn2C)=NS1(=O)=O.CNOC.CO.COC(=O)C(=O)CC(=O)c1ccnn1C.COC(=O)C(=O)OC.CON(C)C(=O)c1ccnn1C.Cl.Cn1nccc1C(=O)O.Cn1nccc1C1=NS(=O)(=O)NC(C(=O)CO)=C1.Nc1ccc(F)c(Cl)c1.[2H]CF.[Br-].[CH3-].[Mg+2]. The third-order valence-corrected chi connectivity index (χ3v) is 15.2. The zero-order chi connectivity index (χ0) is 87.5. The molecule has 0 spiro atoms. The molecule has 8 heterocycles. The minimum Gasteiger partial charge on any atom is -1.00 e. The van der Waals surface area contributed by atoms with Crippen molar-refractivity contribution in [1.29, 1.82) is 0 Å². The van der Waals surface area contributed by atoms with E-state index in [-0.39, 0.29) is 111 Å². The van der Waals surface area contributed by atoms with Crippen LogP contribution in [0.1, 0.15) is 81.9 Å². The molecule has 0 unspecified atom stereocenters. The fourth-order valence-corrected chi connectivity index (χ4v) is 9.19. The Morgan fingerprint density at radius 1 is 0.629 bits per heavy atom. The van der Waals surface area contributed by atoms with E-state index >= 15 is 0 Å². The van der Waals surface area contributed by atoms with Crippen molar-refractivity contribution >= 4 is 143 Å². The number of amides is 1. The maximum Gasteiger partial charge on any atom is 2.00 e. The number of aliphatic hydroxyl groups excluding tert-OH is 3. The van der Waals surface area contributed by atoms with E-state index in [0.29, 0.717) is 28.5 Å². The van der Waals surface area contributed by atoms with Gasteiger partial charge in [0.15, 0.2) is 11.6 Å². The van der Waals surface area contributed by atoms with Gasteiger partial charge >= 0.3 is 67.3 Å². The molecular weight excluding hydrogens is 1710 g/mol. The number of ether oxygens (including phenoxy) is 4. The standard InChI is InChI=1S/C10H12N4O4S.C9H10N4O4S.C9H10N2O4.C7H11N3O2.C6H5ClFN.C6H8N2O.C5H6N2O2.C4H6O4.C4H10O.C2H7NO.CH3F.CH4O.CH3.BrH.ClH.Mg/c1-13-8(3-4-11-13)7-5-9(10(16)6-15)14(2)19(17,18)12-7;1-13-8(2-3-10-13)6-4-7(9(15)5-14)12-18(16,17)11-6;1-11-6(3-4-10-11)7(12)5-8(13)9(14)15-2;1-9-6(4-5-8-9)7(11)10(2)12-3;7-5-3-4(9)1-2-6(5)8;1-5(9)6-3-4-7-8(6)2;1-7-4(5(8)9)2-3-6-7;1-7-3(5)4(6)8-2;1-3-5-4-2;1-3-4-2;2*1-2;;;;/h3-5,15H,6H2,1-2H3;2-4,12,14H,5H2,1H3;3-4H,5H2,1-2H3;4-5H,1-3H3;1-3H,9H2;3-4H,1-2H3;2-3H,1H3,(H,8,9);1-2H3;3-4H2,1-2H3;3H,1-2H3;1H3;2H,1H3;1H3;2*1H;/q;;;;;;;;;;;;-1;;;+2/p-1/i;;;;;;;;;;1D;;;;;. The van der Waals surface area contributed by atoms with E-state index in [1.54, 1.807) is 105 Å². The fraction of sp³-hybridized carbons (Fsp3) is 0.369. The van der Waals surface area contributed by atoms with Gasteiger partial charge in [-0.2, -0.15) is 47.4 Å². The van der Waals surface area contributed by atoms with Gasteiger partial charge in [-0.1, -0.05) is 11.6 Å². The molecule has 2 aliphatic rings. The average molecular weight is 1810 g/mol. The first kappa shape index (κ1) is 117. The molecule has 1 amide bonds. The Morgan fingerprint density at radius 3 is 1.32 bits per heavy atom. The normalized spacial score (nSPS) is 11.6. The number of carboxylic acid groups (broad SMARTS) is 1. The second kappa shape index (κ2) is 63.9. The molecule has 7 aromatic rings. The minimum atomic E-state index is -3.98. The first-order chi connectivity index (χ1) is 53.1. The number of aryl methyl sites for hydroxylation is 6. The van der Waals surface area contributed by atoms with Crippen molar-refractivity contribution in [3.63, 3.8) is 0 Å². The van der Waals surface area contributed by atoms with E-state index in [1.807, 2.05) is 18.6 Å². The number of carbonyl (C=O) groups is 10. The number of nitrogens with two attached hydrogens (primary N) is 1. The molecule has 2 aliphatic heterocycles. The smallest absolute Gasteiger partial charge is 1.00 e. The molecule has 0 radical (unpaired) electrons. The zero-order valence-electron chi connectivity index (χ0n) is 67.7. The Labute approximate surface area is 707 Å². The number of anilines is 1. The van der Waals surface area contributed by atoms with Crippen LogP contribution < -0.4 is 32.9 Å². The summed E-state index contributed by atoms with van der Waals surface area (Å²) in [5.74, 6) is -7.25. The van der Waals surface area contributed by atoms with E-state index in [9.17, 15) is 73.6 Å². The number of benzene rings is 1. The van der Waals surface area contributed by atoms with Gasteiger partial charge in [0.2, 0.25) is 17.3 Å². The summed E-state index contributed by atoms with van der Waals surface area (Å²) in [6.07, 6.45) is 11.1. The second-order valence-electron chi connectivity index (χ2n) is 20.0. The number of carboxylic acids is 1. The van der Waals surface area contributed by atoms with Crippen LogP contribution in [0.2, 0.25) is 5.02 Å². The molecule has 0 bridgehead atoms. The number of alkyl halides is 1. The van der Waals surface area contributed by atoms with E-state index < -0.39 is 100 Å². The summed E-state index contributed by atoms with van der Waals surface area (Å²) in [6, 6.07) is 13.5. The molecule has 6 aromatic heterocycles. The van der Waals surface area contributed by atoms with Crippen molar-refractivity contribution < 1.29 is 141 Å². The molecule has 51 heteroatoms. The number of esters is 3. The number of aliphatic hydroxyl groups is 3. The summed E-state index contributed by atoms with van der Waals surface area (Å²) in [6.45, 7) is 5.63. The summed E-state index contributed by atoms with van der Waals surface area (Å²) < 4.78 is 110. The number of likely N-dealkylation sites (N-methyl/N-ethyl adjacent to an activating group) is 1. The molecule has 116 heavy (non-hydrogen) atoms. The van der Waals surface area contributed by atoms with Crippen LogP contribution in [0.3, 0.4) is 0 Å². The van der Waals surface area contributed by atoms with Crippen molar-refractivity contribution in [2.24, 2.45) is 51.1 Å². The summed E-state index contributed by atoms with van der Waals surface area (Å²) in [7, 11) is 12.7. The van der Waals surface area contributed by atoms with Crippen LogP contribution in [0.5, 0.6) is 0 Å². The molecule has 0 atom stereocenters. The Kier molecular flexibility index (Phi) is 64.3. The van der Waals surface area contributed by atoms with Gasteiger partial charge in [-0.3, -0.25) is 75.1 Å². The number of allylic oxidation sites excluding steroid dienone is 2. The van der Waals surface area contributed by atoms with Crippen molar-refractivity contribution in [2.45, 2.75) is 27.2 Å². The fourth-order valence-electron chi connectivity index (χ4n) is 7.18. The number of rotatable bonds is 17. The maximum atomic E-state index is 12.3. The predicted octanol–water partition coefficient (Wildman–Crippen LogP) is -2.23. The molecule has 0 saturated carbocycles. The molecule has 9 rings (SSSR count). The third-order valence-electron chi connectivity index (χ3n) is 12.7. The number of nitrogens with one attached hydrogen (secondary N) is 2. The maximum absolute atomic E-state index is 12.3. The van der Waals surface area contributed by atoms with Crippen LogP contribution in [0.25, 0.3) is 0 Å². The van der Waals surface area contributed by atoms with Crippen LogP contribution in [0.15, 0.2) is 124 Å². The number of hydrogen-bond donors (Lipinski definition) is 7.